The summed E-state index contributed by atoms with van der Waals surface area (Å²) in [6.45, 7) is 11.8. The molecular weight excluding hydrogens is 1650 g/mol. The monoisotopic (exact) mass is 1710 g/mol. The molecule has 0 spiro atoms. The molecule has 0 saturated heterocycles. The zero-order chi connectivity index (χ0) is 50.9. The Hall–Kier alpha value is -2.18. The molecule has 0 fully saturated rings. The Balaban J connectivity index is 0.000000522. The molecule has 10 rings (SSSR count). The van der Waals surface area contributed by atoms with Crippen molar-refractivity contribution in [2.24, 2.45) is 0 Å². The third-order valence-electron chi connectivity index (χ3n) is 10.3. The van der Waals surface area contributed by atoms with Gasteiger partial charge in [0, 0.05) is 156 Å². The average molecular weight is 1710 g/mol. The fourth-order valence-corrected chi connectivity index (χ4v) is 9.30. The molecule has 0 saturated carbocycles. The van der Waals surface area contributed by atoms with Crippen LogP contribution in [0.1, 0.15) is 61.1 Å². The van der Waals surface area contributed by atoms with E-state index >= 15 is 0 Å². The number of nitrogen functional groups attached to an aromatic ring is 2. The van der Waals surface area contributed by atoms with Crippen molar-refractivity contribution in [2.75, 3.05) is 27.4 Å². The molecule has 21 heteroatoms. The second-order valence-corrected chi connectivity index (χ2v) is 19.4. The molecule has 1 amide bonds. The van der Waals surface area contributed by atoms with Gasteiger partial charge in [0.05, 0.1) is 42.0 Å². The number of nitrogens with two attached hydrogens (primary N) is 2. The van der Waals surface area contributed by atoms with E-state index in [1.807, 2.05) is 85.8 Å². The largest absolute Gasteiger partial charge is 1.00 e. The summed E-state index contributed by atoms with van der Waals surface area (Å²) in [5.74, 6) is -0.182. The van der Waals surface area contributed by atoms with Crippen LogP contribution in [-0.4, -0.2) is 49.5 Å². The van der Waals surface area contributed by atoms with E-state index < -0.39 is 7.32 Å². The molecule has 0 atom stereocenters. The van der Waals surface area contributed by atoms with Gasteiger partial charge in [0.15, 0.2) is 15.4 Å². The van der Waals surface area contributed by atoms with Crippen LogP contribution in [0.4, 0.5) is 26.8 Å². The topological polar surface area (TPSA) is 222 Å². The Morgan fingerprint density at radius 2 is 0.947 bits per heavy atom. The first-order valence-electron chi connectivity index (χ1n) is 22.3. The number of nitrogens with zero attached hydrogens (tertiary/aromatic N) is 3. The molecule has 0 aliphatic heterocycles. The number of hydrogen-bond donors (Lipinski definition) is 8. The maximum absolute atomic E-state index is 12.4. The van der Waals surface area contributed by atoms with Gasteiger partial charge in [-0.25, -0.2) is 15.0 Å². The van der Waals surface area contributed by atoms with Crippen LogP contribution in [-0.2, 0) is 13.1 Å². The molecule has 0 aliphatic rings. The summed E-state index contributed by atoms with van der Waals surface area (Å²) in [5.41, 5.74) is 25.6. The molecule has 7 aromatic carbocycles. The minimum atomic E-state index is -2.17. The Morgan fingerprint density at radius 1 is 0.560 bits per heavy atom. The third kappa shape index (κ3) is 23.6. The first kappa shape index (κ1) is 68.9. The van der Waals surface area contributed by atoms with Crippen LogP contribution in [0.5, 0.6) is 0 Å². The van der Waals surface area contributed by atoms with Crippen molar-refractivity contribution in [2.45, 2.75) is 47.7 Å². The summed E-state index contributed by atoms with van der Waals surface area (Å²) in [6.07, 6.45) is 0.847. The summed E-state index contributed by atoms with van der Waals surface area (Å²) in [7, 11) is -2.17. The quantitative estimate of drug-likeness (QED) is 0.0387. The molecule has 10 N–H and O–H groups in total. The number of aryl methyl sites for hydroxylation is 5. The molecule has 3 radical (unpaired) electrons. The summed E-state index contributed by atoms with van der Waals surface area (Å²) in [5, 5.41) is 33.6. The van der Waals surface area contributed by atoms with E-state index in [1.165, 1.54) is 58.8 Å². The van der Waals surface area contributed by atoms with Gasteiger partial charge in [0.2, 0.25) is 0 Å². The smallest absolute Gasteiger partial charge is 1.00 e. The molecule has 373 valence electrons. The Labute approximate surface area is 581 Å². The van der Waals surface area contributed by atoms with Crippen molar-refractivity contribution in [3.8, 4) is 0 Å². The van der Waals surface area contributed by atoms with E-state index in [9.17, 15) is 9.59 Å². The third-order valence-corrected chi connectivity index (χ3v) is 13.1. The summed E-state index contributed by atoms with van der Waals surface area (Å²) in [6, 6.07) is 49.5. The maximum Gasteiger partial charge on any atom is 1.00 e. The van der Waals surface area contributed by atoms with Crippen molar-refractivity contribution in [1.82, 2.24) is 15.0 Å². The van der Waals surface area contributed by atoms with Crippen LogP contribution in [0.15, 0.2) is 152 Å². The average Bonchev–Trinajstić information content (AvgIpc) is 4.07. The van der Waals surface area contributed by atoms with Gasteiger partial charge in [-0.2, -0.15) is 0 Å². The number of anilines is 5. The number of nitrogens with one attached hydrogen (secondary N) is 3. The van der Waals surface area contributed by atoms with Gasteiger partial charge < -0.3 is 43.9 Å². The number of para-hydroxylation sites is 2. The minimum absolute atomic E-state index is 0. The van der Waals surface area contributed by atoms with Crippen LogP contribution in [0, 0.1) is 167 Å². The van der Waals surface area contributed by atoms with E-state index in [2.05, 4.69) is 119 Å². The molecule has 3 heterocycles. The van der Waals surface area contributed by atoms with Gasteiger partial charge in [0.25, 0.3) is 5.91 Å². The number of fused-ring (bicyclic) bond motifs is 3. The normalized spacial score (nSPS) is 9.76. The minimum Gasteiger partial charge on any atom is -1.00 e. The number of aromatic nitrogens is 3. The summed E-state index contributed by atoms with van der Waals surface area (Å²) < 4.78 is 3.59. The SMILES string of the molecule is Cc1ccc(C=O)cc1.Cc1ccc(CNc2nc3ccc(C)cc3s2)cc1.Cc1ccc2nc(N)sc2c1.Cc1ccc2nc(NCc3ccc(C(=O)Nc4ccccc4N)cc3)sc2c1.OB(O)O.[Ac].[Ac].[Ac].[H-].[Na+]. The number of amides is 1. The maximum atomic E-state index is 12.4. The van der Waals surface area contributed by atoms with Crippen LogP contribution < -0.4 is 57.0 Å². The Morgan fingerprint density at radius 3 is 1.39 bits per heavy atom. The van der Waals surface area contributed by atoms with Crippen LogP contribution >= 0.6 is 34.0 Å². The Bertz CT molecular complexity index is 3340. The summed E-state index contributed by atoms with van der Waals surface area (Å²) >= 11 is 4.89. The van der Waals surface area contributed by atoms with Crippen molar-refractivity contribution in [1.29, 1.82) is 0 Å². The second-order valence-electron chi connectivity index (χ2n) is 16.3. The van der Waals surface area contributed by atoms with Gasteiger partial charge in [-0.1, -0.05) is 136 Å². The molecule has 13 nitrogen and oxygen atoms in total. The van der Waals surface area contributed by atoms with Crippen LogP contribution in [0.3, 0.4) is 0 Å². The van der Waals surface area contributed by atoms with Crippen molar-refractivity contribution in [3.05, 3.63) is 202 Å². The number of carbonyl (C=O) groups excluding carboxylic acids is 2. The Kier molecular flexibility index (Phi) is 32.6. The standard InChI is InChI=1S/C22H20N4OS.C16H16N2S.C8H8N2S.C8H8O.3Ac.BH3O3.Na.H/c1-14-6-11-19-20(12-14)28-22(26-19)24-13-15-7-9-16(10-8-15)21(27)25-18-5-3-2-4-17(18)23;1-11-3-6-13(7-4-11)10-17-16-18-14-8-5-12(2)9-15(14)19-16;1-5-2-3-6-7(4-5)11-8(9)10-6;1-7-2-4-8(6-9)5-3-7;;;;2-1(3)4;;/h2-12H,13,23H2,1H3,(H,24,26)(H,25,27);3-9H,10H2,1-2H3,(H,17,18);2-4H,1H3,(H2,9,10);2-6H,1H3;;;;2-4H;;/q;;;;;;;;+1;-1. The molecule has 0 bridgehead atoms. The molecular formula is C54H56Ac3BN8NaO5S3. The van der Waals surface area contributed by atoms with Gasteiger partial charge in [-0.05, 0) is 123 Å². The molecule has 75 heavy (non-hydrogen) atoms. The zero-order valence-electron chi connectivity index (χ0n) is 43.6. The fraction of sp³-hybridized carbons (Fsp3) is 0.130. The first-order chi connectivity index (χ1) is 34.1. The fourth-order valence-electron chi connectivity index (χ4n) is 6.55. The van der Waals surface area contributed by atoms with E-state index in [4.69, 9.17) is 26.5 Å². The number of carbonyl (C=O) groups is 2. The van der Waals surface area contributed by atoms with Gasteiger partial charge in [-0.3, -0.25) is 9.59 Å². The molecule has 3 aromatic heterocycles. The van der Waals surface area contributed by atoms with E-state index in [-0.39, 0.29) is 169 Å². The van der Waals surface area contributed by atoms with Crippen LogP contribution in [0.2, 0.25) is 0 Å². The first-order valence-corrected chi connectivity index (χ1v) is 24.8. The molecule has 0 unspecified atom stereocenters. The number of thiazole rings is 3. The van der Waals surface area contributed by atoms with Gasteiger partial charge in [-0.15, -0.1) is 0 Å². The van der Waals surface area contributed by atoms with Gasteiger partial charge in [0.1, 0.15) is 6.29 Å². The van der Waals surface area contributed by atoms with Gasteiger partial charge >= 0.3 is 36.9 Å². The molecule has 0 aliphatic carbocycles. The van der Waals surface area contributed by atoms with E-state index in [0.717, 1.165) is 50.8 Å². The van der Waals surface area contributed by atoms with Crippen LogP contribution in [0.25, 0.3) is 30.6 Å². The van der Waals surface area contributed by atoms with Crippen molar-refractivity contribution >= 4 is 111 Å². The zero-order valence-corrected chi connectivity index (χ0v) is 61.3. The predicted octanol–water partition coefficient (Wildman–Crippen LogP) is 8.64. The predicted molar refractivity (Wildman–Crippen MR) is 299 cm³/mol. The molecule has 10 aromatic rings. The van der Waals surface area contributed by atoms with E-state index in [0.29, 0.717) is 28.6 Å². The second kappa shape index (κ2) is 35.4. The number of aldehydes is 1. The van der Waals surface area contributed by atoms with Crippen molar-refractivity contribution < 1.29 is 188 Å². The number of rotatable bonds is 9. The van der Waals surface area contributed by atoms with E-state index in [1.54, 1.807) is 34.8 Å². The number of hydrogen-bond acceptors (Lipinski definition) is 15. The number of benzene rings is 7. The summed E-state index contributed by atoms with van der Waals surface area (Å²) in [4.78, 5) is 35.9. The van der Waals surface area contributed by atoms with Crippen molar-refractivity contribution in [3.63, 3.8) is 0 Å².